The number of benzene rings is 1. The Hall–Kier alpha value is -1.33. The van der Waals surface area contributed by atoms with E-state index in [0.29, 0.717) is 17.8 Å². The van der Waals surface area contributed by atoms with Gasteiger partial charge in [-0.3, -0.25) is 4.90 Å². The van der Waals surface area contributed by atoms with E-state index in [1.807, 2.05) is 0 Å². The van der Waals surface area contributed by atoms with Gasteiger partial charge in [-0.1, -0.05) is 30.3 Å². The minimum Gasteiger partial charge on any atom is -0.298 e. The highest BCUT2D eigenvalue weighted by molar-refractivity contribution is 5.18. The number of nitriles is 1. The molecule has 2 atom stereocenters. The molecule has 1 heterocycles. The molecule has 1 saturated heterocycles. The van der Waals surface area contributed by atoms with Crippen LogP contribution < -0.4 is 0 Å². The Morgan fingerprint density at radius 2 is 1.87 bits per heavy atom. The van der Waals surface area contributed by atoms with Gasteiger partial charge >= 0.3 is 0 Å². The number of piperidine rings is 1. The molecule has 2 heteroatoms. The monoisotopic (exact) mass is 198 g/mol. The fourth-order valence-corrected chi connectivity index (χ4v) is 2.78. The van der Waals surface area contributed by atoms with Crippen LogP contribution in [-0.2, 0) is 6.54 Å². The maximum Gasteiger partial charge on any atom is 0.0662 e. The average molecular weight is 198 g/mol. The van der Waals surface area contributed by atoms with Crippen molar-refractivity contribution >= 4 is 0 Å². The van der Waals surface area contributed by atoms with Crippen molar-refractivity contribution in [1.82, 2.24) is 4.90 Å². The van der Waals surface area contributed by atoms with E-state index in [1.54, 1.807) is 0 Å². The smallest absolute Gasteiger partial charge is 0.0662 e. The van der Waals surface area contributed by atoms with Crippen molar-refractivity contribution in [2.45, 2.75) is 6.54 Å². The minimum atomic E-state index is 0.372. The molecule has 15 heavy (non-hydrogen) atoms. The van der Waals surface area contributed by atoms with Crippen LogP contribution in [0, 0.1) is 29.1 Å². The van der Waals surface area contributed by atoms with Crippen LogP contribution in [0.25, 0.3) is 0 Å². The summed E-state index contributed by atoms with van der Waals surface area (Å²) in [6.45, 7) is 3.29. The molecule has 0 spiro atoms. The quantitative estimate of drug-likeness (QED) is 0.725. The summed E-state index contributed by atoms with van der Waals surface area (Å²) in [7, 11) is 0. The highest BCUT2D eigenvalue weighted by atomic mass is 15.2. The van der Waals surface area contributed by atoms with E-state index in [0.717, 1.165) is 19.6 Å². The zero-order valence-electron chi connectivity index (χ0n) is 8.63. The van der Waals surface area contributed by atoms with Gasteiger partial charge in [-0.15, -0.1) is 0 Å². The van der Waals surface area contributed by atoms with Gasteiger partial charge in [0.1, 0.15) is 0 Å². The summed E-state index contributed by atoms with van der Waals surface area (Å²) in [6.07, 6.45) is 0. The lowest BCUT2D eigenvalue weighted by Crippen LogP contribution is -2.23. The van der Waals surface area contributed by atoms with E-state index in [9.17, 15) is 0 Å². The number of rotatable bonds is 2. The molecule has 76 valence electrons. The molecule has 1 aliphatic carbocycles. The molecular weight excluding hydrogens is 184 g/mol. The predicted molar refractivity (Wildman–Crippen MR) is 57.8 cm³/mol. The van der Waals surface area contributed by atoms with E-state index < -0.39 is 0 Å². The summed E-state index contributed by atoms with van der Waals surface area (Å²) < 4.78 is 0. The second kappa shape index (κ2) is 3.36. The maximum absolute atomic E-state index is 8.82. The third kappa shape index (κ3) is 1.53. The Labute approximate surface area is 90.1 Å². The van der Waals surface area contributed by atoms with Crippen LogP contribution in [0.3, 0.4) is 0 Å². The SMILES string of the molecule is N#CC1[C@H]2CN(Cc3ccccc3)C[C@H]12. The van der Waals surface area contributed by atoms with Gasteiger partial charge in [-0.2, -0.15) is 5.26 Å². The summed E-state index contributed by atoms with van der Waals surface area (Å²) in [6, 6.07) is 13.0. The Morgan fingerprint density at radius 1 is 1.20 bits per heavy atom. The molecule has 1 aliphatic heterocycles. The fourth-order valence-electron chi connectivity index (χ4n) is 2.78. The lowest BCUT2D eigenvalue weighted by Gasteiger charge is -2.17. The Kier molecular flexibility index (Phi) is 2.00. The van der Waals surface area contributed by atoms with Crippen LogP contribution in [0.2, 0.25) is 0 Å². The number of fused-ring (bicyclic) bond motifs is 1. The molecule has 2 fully saturated rings. The van der Waals surface area contributed by atoms with Crippen molar-refractivity contribution < 1.29 is 0 Å². The van der Waals surface area contributed by atoms with Crippen molar-refractivity contribution in [2.75, 3.05) is 13.1 Å². The second-order valence-corrected chi connectivity index (χ2v) is 4.66. The molecule has 1 saturated carbocycles. The Balaban J connectivity index is 1.59. The topological polar surface area (TPSA) is 27.0 Å². The van der Waals surface area contributed by atoms with Crippen LogP contribution in [0.15, 0.2) is 30.3 Å². The Bertz CT molecular complexity index is 381. The van der Waals surface area contributed by atoms with Crippen LogP contribution in [0.4, 0.5) is 0 Å². The van der Waals surface area contributed by atoms with Crippen molar-refractivity contribution in [3.63, 3.8) is 0 Å². The van der Waals surface area contributed by atoms with Crippen LogP contribution in [0.1, 0.15) is 5.56 Å². The average Bonchev–Trinajstić information content (AvgIpc) is 2.75. The van der Waals surface area contributed by atoms with E-state index in [2.05, 4.69) is 41.3 Å². The summed E-state index contributed by atoms with van der Waals surface area (Å²) in [5.74, 6) is 1.73. The zero-order chi connectivity index (χ0) is 10.3. The summed E-state index contributed by atoms with van der Waals surface area (Å²) in [5, 5.41) is 8.82. The lowest BCUT2D eigenvalue weighted by molar-refractivity contribution is 0.287. The van der Waals surface area contributed by atoms with Gasteiger partial charge in [-0.05, 0) is 17.4 Å². The van der Waals surface area contributed by atoms with Crippen LogP contribution in [-0.4, -0.2) is 18.0 Å². The Morgan fingerprint density at radius 3 is 2.47 bits per heavy atom. The normalized spacial score (nSPS) is 33.4. The van der Waals surface area contributed by atoms with E-state index in [1.165, 1.54) is 5.56 Å². The molecule has 0 radical (unpaired) electrons. The van der Waals surface area contributed by atoms with Crippen LogP contribution >= 0.6 is 0 Å². The van der Waals surface area contributed by atoms with Gasteiger partial charge in [0, 0.05) is 19.6 Å². The third-order valence-electron chi connectivity index (χ3n) is 3.67. The lowest BCUT2D eigenvalue weighted by atomic mass is 10.2. The third-order valence-corrected chi connectivity index (χ3v) is 3.67. The van der Waals surface area contributed by atoms with E-state index >= 15 is 0 Å². The number of hydrogen-bond donors (Lipinski definition) is 0. The highest BCUT2D eigenvalue weighted by Crippen LogP contribution is 2.51. The van der Waals surface area contributed by atoms with Gasteiger partial charge in [0.15, 0.2) is 0 Å². The molecular formula is C13H14N2. The first kappa shape index (κ1) is 8.94. The van der Waals surface area contributed by atoms with Crippen molar-refractivity contribution in [1.29, 1.82) is 5.26 Å². The molecule has 0 unspecified atom stereocenters. The molecule has 0 N–H and O–H groups in total. The second-order valence-electron chi connectivity index (χ2n) is 4.66. The van der Waals surface area contributed by atoms with E-state index in [-0.39, 0.29) is 0 Å². The highest BCUT2D eigenvalue weighted by Gasteiger charge is 2.55. The van der Waals surface area contributed by atoms with Crippen LogP contribution in [0.5, 0.6) is 0 Å². The number of likely N-dealkylation sites (tertiary alicyclic amines) is 1. The molecule has 0 bridgehead atoms. The van der Waals surface area contributed by atoms with Gasteiger partial charge in [-0.25, -0.2) is 0 Å². The molecule has 0 amide bonds. The van der Waals surface area contributed by atoms with Gasteiger partial charge in [0.05, 0.1) is 12.0 Å². The van der Waals surface area contributed by atoms with Gasteiger partial charge in [0.2, 0.25) is 0 Å². The van der Waals surface area contributed by atoms with Crippen molar-refractivity contribution in [3.05, 3.63) is 35.9 Å². The van der Waals surface area contributed by atoms with Gasteiger partial charge < -0.3 is 0 Å². The first-order chi connectivity index (χ1) is 7.38. The molecule has 0 aromatic heterocycles. The first-order valence-corrected chi connectivity index (χ1v) is 5.54. The van der Waals surface area contributed by atoms with Crippen molar-refractivity contribution in [2.24, 2.45) is 17.8 Å². The first-order valence-electron chi connectivity index (χ1n) is 5.54. The molecule has 2 nitrogen and oxygen atoms in total. The predicted octanol–water partition coefficient (Wildman–Crippen LogP) is 1.89. The fraction of sp³-hybridized carbons (Fsp3) is 0.462. The minimum absolute atomic E-state index is 0.372. The maximum atomic E-state index is 8.82. The van der Waals surface area contributed by atoms with Gasteiger partial charge in [0.25, 0.3) is 0 Å². The van der Waals surface area contributed by atoms with Crippen molar-refractivity contribution in [3.8, 4) is 6.07 Å². The number of hydrogen-bond acceptors (Lipinski definition) is 2. The van der Waals surface area contributed by atoms with E-state index in [4.69, 9.17) is 5.26 Å². The summed E-state index contributed by atoms with van der Waals surface area (Å²) >= 11 is 0. The zero-order valence-corrected chi connectivity index (χ0v) is 8.63. The summed E-state index contributed by atoms with van der Waals surface area (Å²) in [5.41, 5.74) is 1.38. The molecule has 1 aromatic rings. The molecule has 1 aromatic carbocycles. The standard InChI is InChI=1S/C13H14N2/c14-6-11-12-8-15(9-13(11)12)7-10-4-2-1-3-5-10/h1-5,11-13H,7-9H2/t12-,13-/m1/s1. The largest absolute Gasteiger partial charge is 0.298 e. The molecule has 2 aliphatic rings. The summed E-state index contributed by atoms with van der Waals surface area (Å²) in [4.78, 5) is 2.47. The number of nitrogens with zero attached hydrogens (tertiary/aromatic N) is 2. The molecule has 3 rings (SSSR count).